The highest BCUT2D eigenvalue weighted by molar-refractivity contribution is 5.94. The summed E-state index contributed by atoms with van der Waals surface area (Å²) in [5.74, 6) is 0. The second kappa shape index (κ2) is 6.27. The number of aliphatic imine (C=N–C) groups is 1. The Kier molecular flexibility index (Phi) is 5.74. The molecule has 10 heavy (non-hydrogen) atoms. The maximum atomic E-state index is 4.10. The van der Waals surface area contributed by atoms with Gasteiger partial charge in [0.05, 0.1) is 0 Å². The van der Waals surface area contributed by atoms with Crippen molar-refractivity contribution in [1.82, 2.24) is 0 Å². The van der Waals surface area contributed by atoms with Gasteiger partial charge in [-0.1, -0.05) is 32.1 Å². The van der Waals surface area contributed by atoms with E-state index in [-0.39, 0.29) is 0 Å². The van der Waals surface area contributed by atoms with Crippen LogP contribution < -0.4 is 0 Å². The molecule has 0 heterocycles. The third-order valence-electron chi connectivity index (χ3n) is 1.22. The van der Waals surface area contributed by atoms with E-state index in [1.54, 1.807) is 6.08 Å². The maximum Gasteiger partial charge on any atom is 0.0344 e. The minimum Gasteiger partial charge on any atom is -0.293 e. The van der Waals surface area contributed by atoms with Crippen LogP contribution in [0, 0.1) is 0 Å². The van der Waals surface area contributed by atoms with Crippen LogP contribution in [0.25, 0.3) is 0 Å². The molecule has 0 aromatic heterocycles. The minimum absolute atomic E-state index is 1.06. The molecule has 0 fully saturated rings. The average Bonchev–Trinajstić information content (AvgIpc) is 1.98. The lowest BCUT2D eigenvalue weighted by atomic mass is 10.2. The highest BCUT2D eigenvalue weighted by Crippen LogP contribution is 1.93. The molecule has 0 rings (SSSR count). The van der Waals surface area contributed by atoms with Crippen LogP contribution in [-0.4, -0.2) is 12.8 Å². The maximum absolute atomic E-state index is 4.10. The summed E-state index contributed by atoms with van der Waals surface area (Å²) < 4.78 is 0. The summed E-state index contributed by atoms with van der Waals surface area (Å²) in [4.78, 5) is 4.10. The largest absolute Gasteiger partial charge is 0.293 e. The van der Waals surface area contributed by atoms with Crippen molar-refractivity contribution in [2.75, 3.05) is 7.05 Å². The smallest absolute Gasteiger partial charge is 0.0344 e. The Balaban J connectivity index is 3.84. The molecule has 0 saturated carbocycles. The first-order chi connectivity index (χ1) is 4.85. The molecule has 0 aromatic carbocycles. The number of allylic oxidation sites excluding steroid dienone is 3. The summed E-state index contributed by atoms with van der Waals surface area (Å²) in [7, 11) is 1.82. The Morgan fingerprint density at radius 3 is 2.70 bits per heavy atom. The van der Waals surface area contributed by atoms with Crippen LogP contribution >= 0.6 is 0 Å². The molecule has 0 radical (unpaired) electrons. The molecule has 0 amide bonds. The first-order valence-electron chi connectivity index (χ1n) is 3.60. The van der Waals surface area contributed by atoms with E-state index < -0.39 is 0 Å². The van der Waals surface area contributed by atoms with Crippen molar-refractivity contribution in [2.24, 2.45) is 4.99 Å². The van der Waals surface area contributed by atoms with Crippen LogP contribution in [-0.2, 0) is 0 Å². The predicted octanol–water partition coefficient (Wildman–Crippen LogP) is 2.60. The van der Waals surface area contributed by atoms with Gasteiger partial charge in [0.1, 0.15) is 0 Å². The van der Waals surface area contributed by atoms with Crippen molar-refractivity contribution in [3.63, 3.8) is 0 Å². The summed E-state index contributed by atoms with van der Waals surface area (Å²) in [5, 5.41) is 0. The van der Waals surface area contributed by atoms with Gasteiger partial charge < -0.3 is 0 Å². The molecule has 0 N–H and O–H groups in total. The molecule has 0 aliphatic rings. The van der Waals surface area contributed by atoms with E-state index in [1.807, 2.05) is 19.2 Å². The molecule has 0 aliphatic heterocycles. The Labute approximate surface area is 63.2 Å². The summed E-state index contributed by atoms with van der Waals surface area (Å²) in [6.45, 7) is 5.73. The number of hydrogen-bond acceptors (Lipinski definition) is 1. The van der Waals surface area contributed by atoms with Gasteiger partial charge in [0.25, 0.3) is 0 Å². The lowest BCUT2D eigenvalue weighted by Gasteiger charge is -1.93. The number of hydrogen-bond donors (Lipinski definition) is 0. The molecular weight excluding hydrogens is 122 g/mol. The Bertz CT molecular complexity index is 143. The van der Waals surface area contributed by atoms with E-state index in [4.69, 9.17) is 0 Å². The molecular formula is C9H15N. The topological polar surface area (TPSA) is 12.4 Å². The van der Waals surface area contributed by atoms with Crippen molar-refractivity contribution in [3.05, 3.63) is 24.8 Å². The zero-order chi connectivity index (χ0) is 7.82. The summed E-state index contributed by atoms with van der Waals surface area (Å²) in [5.41, 5.74) is 1.14. The van der Waals surface area contributed by atoms with Crippen LogP contribution in [0.2, 0.25) is 0 Å². The predicted molar refractivity (Wildman–Crippen MR) is 47.6 cm³/mol. The van der Waals surface area contributed by atoms with Crippen molar-refractivity contribution >= 4 is 5.71 Å². The fourth-order valence-corrected chi connectivity index (χ4v) is 0.705. The Morgan fingerprint density at radius 1 is 1.60 bits per heavy atom. The lowest BCUT2D eigenvalue weighted by molar-refractivity contribution is 0.993. The number of rotatable bonds is 4. The van der Waals surface area contributed by atoms with Gasteiger partial charge in [-0.2, -0.15) is 0 Å². The van der Waals surface area contributed by atoms with Crippen LogP contribution in [0.1, 0.15) is 19.8 Å². The highest BCUT2D eigenvalue weighted by atomic mass is 14.7. The molecule has 0 aromatic rings. The van der Waals surface area contributed by atoms with Crippen LogP contribution in [0.15, 0.2) is 29.8 Å². The van der Waals surface area contributed by atoms with E-state index in [9.17, 15) is 0 Å². The van der Waals surface area contributed by atoms with Gasteiger partial charge in [-0.05, 0) is 12.5 Å². The normalized spacial score (nSPS) is 12.4. The Hall–Kier alpha value is -0.850. The fourth-order valence-electron chi connectivity index (χ4n) is 0.705. The van der Waals surface area contributed by atoms with E-state index in [0.717, 1.165) is 18.6 Å². The second-order valence-corrected chi connectivity index (χ2v) is 2.06. The molecule has 0 bridgehead atoms. The molecule has 1 heteroatoms. The molecule has 0 unspecified atom stereocenters. The standard InChI is InChI=1S/C9H15N/c1-4-6-8-9(10-3)7-5-2/h4,6,8H,1,5,7H2,2-3H3/b8-6-,10-9-. The SMILES string of the molecule is C=C/C=C\C(CCC)=N/C. The third-order valence-corrected chi connectivity index (χ3v) is 1.22. The molecule has 0 saturated heterocycles. The minimum atomic E-state index is 1.06. The van der Waals surface area contributed by atoms with Gasteiger partial charge >= 0.3 is 0 Å². The van der Waals surface area contributed by atoms with Gasteiger partial charge in [0, 0.05) is 12.8 Å². The molecule has 0 atom stereocenters. The van der Waals surface area contributed by atoms with Gasteiger partial charge in [-0.3, -0.25) is 4.99 Å². The van der Waals surface area contributed by atoms with Crippen molar-refractivity contribution in [3.8, 4) is 0 Å². The molecule has 1 nitrogen and oxygen atoms in total. The summed E-state index contributed by atoms with van der Waals surface area (Å²) in [6.07, 6.45) is 7.88. The van der Waals surface area contributed by atoms with E-state index in [1.165, 1.54) is 0 Å². The van der Waals surface area contributed by atoms with E-state index >= 15 is 0 Å². The summed E-state index contributed by atoms with van der Waals surface area (Å²) >= 11 is 0. The van der Waals surface area contributed by atoms with Gasteiger partial charge in [0.15, 0.2) is 0 Å². The lowest BCUT2D eigenvalue weighted by Crippen LogP contribution is -1.90. The monoisotopic (exact) mass is 137 g/mol. The first kappa shape index (κ1) is 9.15. The van der Waals surface area contributed by atoms with Crippen LogP contribution in [0.4, 0.5) is 0 Å². The molecule has 0 aliphatic carbocycles. The van der Waals surface area contributed by atoms with Crippen LogP contribution in [0.3, 0.4) is 0 Å². The quantitative estimate of drug-likeness (QED) is 0.417. The van der Waals surface area contributed by atoms with Crippen LogP contribution in [0.5, 0.6) is 0 Å². The third kappa shape index (κ3) is 4.07. The van der Waals surface area contributed by atoms with Crippen molar-refractivity contribution in [2.45, 2.75) is 19.8 Å². The van der Waals surface area contributed by atoms with E-state index in [2.05, 4.69) is 18.5 Å². The van der Waals surface area contributed by atoms with Crippen molar-refractivity contribution < 1.29 is 0 Å². The second-order valence-electron chi connectivity index (χ2n) is 2.06. The Morgan fingerprint density at radius 2 is 2.30 bits per heavy atom. The van der Waals surface area contributed by atoms with E-state index in [0.29, 0.717) is 0 Å². The van der Waals surface area contributed by atoms with Gasteiger partial charge in [-0.25, -0.2) is 0 Å². The first-order valence-corrected chi connectivity index (χ1v) is 3.60. The van der Waals surface area contributed by atoms with Gasteiger partial charge in [-0.15, -0.1) is 0 Å². The number of nitrogens with zero attached hydrogens (tertiary/aromatic N) is 1. The molecule has 0 spiro atoms. The summed E-state index contributed by atoms with van der Waals surface area (Å²) in [6, 6.07) is 0. The highest BCUT2D eigenvalue weighted by Gasteiger charge is 1.87. The van der Waals surface area contributed by atoms with Gasteiger partial charge in [0.2, 0.25) is 0 Å². The average molecular weight is 137 g/mol. The zero-order valence-electron chi connectivity index (χ0n) is 6.80. The zero-order valence-corrected chi connectivity index (χ0v) is 6.80. The van der Waals surface area contributed by atoms with Crippen molar-refractivity contribution in [1.29, 1.82) is 0 Å². The fraction of sp³-hybridized carbons (Fsp3) is 0.444. The molecule has 56 valence electrons.